The standard InChI is InChI=1S/C11H22BrNO/c1-2-3-10-4-6-13(7-5-10)9-11(14)8-12/h10-11,14H,2-9H2,1H3. The molecule has 0 radical (unpaired) electrons. The van der Waals surface area contributed by atoms with Crippen LogP contribution in [0.25, 0.3) is 0 Å². The van der Waals surface area contributed by atoms with E-state index in [0.29, 0.717) is 5.33 Å². The first-order valence-corrected chi connectivity index (χ1v) is 6.84. The minimum Gasteiger partial charge on any atom is -0.391 e. The first-order chi connectivity index (χ1) is 6.76. The predicted molar refractivity (Wildman–Crippen MR) is 63.9 cm³/mol. The van der Waals surface area contributed by atoms with Crippen LogP contribution in [0, 0.1) is 5.92 Å². The lowest BCUT2D eigenvalue weighted by atomic mass is 9.92. The van der Waals surface area contributed by atoms with Crippen molar-refractivity contribution >= 4 is 15.9 Å². The van der Waals surface area contributed by atoms with E-state index in [0.717, 1.165) is 12.5 Å². The van der Waals surface area contributed by atoms with Gasteiger partial charge in [0.2, 0.25) is 0 Å². The molecule has 84 valence electrons. The van der Waals surface area contributed by atoms with Crippen molar-refractivity contribution in [3.05, 3.63) is 0 Å². The first kappa shape index (κ1) is 12.5. The van der Waals surface area contributed by atoms with Crippen LogP contribution >= 0.6 is 15.9 Å². The first-order valence-electron chi connectivity index (χ1n) is 5.72. The second-order valence-electron chi connectivity index (χ2n) is 4.34. The fraction of sp³-hybridized carbons (Fsp3) is 1.00. The van der Waals surface area contributed by atoms with Gasteiger partial charge < -0.3 is 10.0 Å². The van der Waals surface area contributed by atoms with Gasteiger partial charge in [0.15, 0.2) is 0 Å². The van der Waals surface area contributed by atoms with Crippen LogP contribution in [-0.4, -0.2) is 41.1 Å². The number of aliphatic hydroxyl groups excluding tert-OH is 1. The zero-order valence-electron chi connectivity index (χ0n) is 9.08. The molecule has 1 aliphatic rings. The van der Waals surface area contributed by atoms with Gasteiger partial charge in [0, 0.05) is 11.9 Å². The van der Waals surface area contributed by atoms with Crippen molar-refractivity contribution in [1.29, 1.82) is 0 Å². The Kier molecular flexibility index (Phi) is 6.06. The van der Waals surface area contributed by atoms with Gasteiger partial charge in [-0.1, -0.05) is 35.7 Å². The number of hydrogen-bond donors (Lipinski definition) is 1. The molecule has 1 rings (SSSR count). The van der Waals surface area contributed by atoms with E-state index in [-0.39, 0.29) is 6.10 Å². The fourth-order valence-electron chi connectivity index (χ4n) is 2.21. The normalized spacial score (nSPS) is 22.5. The predicted octanol–water partition coefficient (Wildman–Crippen LogP) is 2.25. The van der Waals surface area contributed by atoms with E-state index in [1.54, 1.807) is 0 Å². The average Bonchev–Trinajstić information content (AvgIpc) is 2.21. The molecule has 2 nitrogen and oxygen atoms in total. The van der Waals surface area contributed by atoms with Gasteiger partial charge in [-0.15, -0.1) is 0 Å². The Morgan fingerprint density at radius 3 is 2.57 bits per heavy atom. The van der Waals surface area contributed by atoms with Crippen LogP contribution in [0.3, 0.4) is 0 Å². The molecule has 1 aliphatic heterocycles. The minimum atomic E-state index is -0.197. The molecular formula is C11H22BrNO. The SMILES string of the molecule is CCCC1CCN(CC(O)CBr)CC1. The lowest BCUT2D eigenvalue weighted by Crippen LogP contribution is -2.39. The summed E-state index contributed by atoms with van der Waals surface area (Å²) >= 11 is 3.30. The van der Waals surface area contributed by atoms with Crippen LogP contribution in [-0.2, 0) is 0 Å². The molecule has 0 saturated carbocycles. The molecule has 0 aromatic carbocycles. The summed E-state index contributed by atoms with van der Waals surface area (Å²) in [7, 11) is 0. The fourth-order valence-corrected chi connectivity index (χ4v) is 2.42. The highest BCUT2D eigenvalue weighted by Crippen LogP contribution is 2.21. The highest BCUT2D eigenvalue weighted by atomic mass is 79.9. The third-order valence-corrected chi connectivity index (χ3v) is 3.80. The Morgan fingerprint density at radius 2 is 2.07 bits per heavy atom. The van der Waals surface area contributed by atoms with Gasteiger partial charge in [-0.2, -0.15) is 0 Å². The van der Waals surface area contributed by atoms with E-state index in [1.165, 1.54) is 38.8 Å². The lowest BCUT2D eigenvalue weighted by molar-refractivity contribution is 0.102. The molecule has 0 bridgehead atoms. The number of β-amino-alcohol motifs (C(OH)–C–C–N with tert-alkyl or cyclic N) is 1. The van der Waals surface area contributed by atoms with Crippen LogP contribution in [0.1, 0.15) is 32.6 Å². The van der Waals surface area contributed by atoms with E-state index in [4.69, 9.17) is 0 Å². The highest BCUT2D eigenvalue weighted by molar-refractivity contribution is 9.09. The Labute approximate surface area is 95.8 Å². The Hall–Kier alpha value is 0.400. The van der Waals surface area contributed by atoms with Gasteiger partial charge in [-0.25, -0.2) is 0 Å². The van der Waals surface area contributed by atoms with Crippen LogP contribution < -0.4 is 0 Å². The molecule has 1 heterocycles. The number of rotatable bonds is 5. The molecule has 1 atom stereocenters. The van der Waals surface area contributed by atoms with E-state index in [1.807, 2.05) is 0 Å². The largest absolute Gasteiger partial charge is 0.391 e. The summed E-state index contributed by atoms with van der Waals surface area (Å²) in [5, 5.41) is 10.2. The van der Waals surface area contributed by atoms with Crippen LogP contribution in [0.2, 0.25) is 0 Å². The van der Waals surface area contributed by atoms with Gasteiger partial charge in [0.1, 0.15) is 0 Å². The second kappa shape index (κ2) is 6.81. The molecule has 1 saturated heterocycles. The minimum absolute atomic E-state index is 0.197. The summed E-state index contributed by atoms with van der Waals surface area (Å²) in [4.78, 5) is 2.39. The number of aliphatic hydroxyl groups is 1. The summed E-state index contributed by atoms with van der Waals surface area (Å²) in [5.74, 6) is 0.942. The molecule has 0 aromatic rings. The third-order valence-electron chi connectivity index (χ3n) is 3.05. The van der Waals surface area contributed by atoms with Crippen molar-refractivity contribution < 1.29 is 5.11 Å². The van der Waals surface area contributed by atoms with Gasteiger partial charge in [-0.3, -0.25) is 0 Å². The smallest absolute Gasteiger partial charge is 0.0763 e. The Balaban J connectivity index is 2.15. The quantitative estimate of drug-likeness (QED) is 0.770. The van der Waals surface area contributed by atoms with E-state index in [9.17, 15) is 5.11 Å². The zero-order valence-corrected chi connectivity index (χ0v) is 10.7. The van der Waals surface area contributed by atoms with Crippen molar-refractivity contribution in [2.24, 2.45) is 5.92 Å². The van der Waals surface area contributed by atoms with Gasteiger partial charge in [0.25, 0.3) is 0 Å². The summed E-state index contributed by atoms with van der Waals surface area (Å²) < 4.78 is 0. The number of halogens is 1. The molecule has 14 heavy (non-hydrogen) atoms. The second-order valence-corrected chi connectivity index (χ2v) is 4.99. The van der Waals surface area contributed by atoms with Crippen molar-refractivity contribution in [2.45, 2.75) is 38.7 Å². The monoisotopic (exact) mass is 263 g/mol. The maximum Gasteiger partial charge on any atom is 0.0763 e. The molecule has 0 spiro atoms. The van der Waals surface area contributed by atoms with E-state index < -0.39 is 0 Å². The lowest BCUT2D eigenvalue weighted by Gasteiger charge is -2.32. The van der Waals surface area contributed by atoms with Crippen LogP contribution in [0.15, 0.2) is 0 Å². The summed E-state index contributed by atoms with van der Waals surface area (Å²) in [6.07, 6.45) is 5.15. The average molecular weight is 264 g/mol. The molecule has 1 unspecified atom stereocenters. The molecule has 0 amide bonds. The summed E-state index contributed by atoms with van der Waals surface area (Å²) in [6, 6.07) is 0. The van der Waals surface area contributed by atoms with Crippen molar-refractivity contribution in [1.82, 2.24) is 4.90 Å². The van der Waals surface area contributed by atoms with Gasteiger partial charge in [-0.05, 0) is 31.8 Å². The Bertz CT molecular complexity index is 146. The number of likely N-dealkylation sites (tertiary alicyclic amines) is 1. The zero-order chi connectivity index (χ0) is 10.4. The highest BCUT2D eigenvalue weighted by Gasteiger charge is 2.19. The van der Waals surface area contributed by atoms with Gasteiger partial charge >= 0.3 is 0 Å². The maximum atomic E-state index is 9.49. The summed E-state index contributed by atoms with van der Waals surface area (Å²) in [6.45, 7) is 5.45. The molecule has 1 fully saturated rings. The molecule has 0 aliphatic carbocycles. The van der Waals surface area contributed by atoms with Crippen molar-refractivity contribution in [3.8, 4) is 0 Å². The van der Waals surface area contributed by atoms with E-state index in [2.05, 4.69) is 27.8 Å². The third kappa shape index (κ3) is 4.28. The van der Waals surface area contributed by atoms with Crippen LogP contribution in [0.4, 0.5) is 0 Å². The number of nitrogens with zero attached hydrogens (tertiary/aromatic N) is 1. The van der Waals surface area contributed by atoms with E-state index >= 15 is 0 Å². The molecule has 3 heteroatoms. The maximum absolute atomic E-state index is 9.49. The molecule has 1 N–H and O–H groups in total. The van der Waals surface area contributed by atoms with Gasteiger partial charge in [0.05, 0.1) is 6.10 Å². The molecule has 0 aromatic heterocycles. The number of hydrogen-bond acceptors (Lipinski definition) is 2. The number of piperidine rings is 1. The van der Waals surface area contributed by atoms with Crippen LogP contribution in [0.5, 0.6) is 0 Å². The topological polar surface area (TPSA) is 23.5 Å². The Morgan fingerprint density at radius 1 is 1.43 bits per heavy atom. The number of alkyl halides is 1. The van der Waals surface area contributed by atoms with Crippen molar-refractivity contribution in [3.63, 3.8) is 0 Å². The van der Waals surface area contributed by atoms with Crippen molar-refractivity contribution in [2.75, 3.05) is 25.0 Å². The summed E-state index contributed by atoms with van der Waals surface area (Å²) in [5.41, 5.74) is 0. The molecular weight excluding hydrogens is 242 g/mol.